The van der Waals surface area contributed by atoms with Crippen LogP contribution in [0.15, 0.2) is 59.1 Å². The Morgan fingerprint density at radius 1 is 1.11 bits per heavy atom. The third-order valence-electron chi connectivity index (χ3n) is 4.05. The second-order valence-electron chi connectivity index (χ2n) is 5.92. The number of carbonyl (C=O) groups excluding carboxylic acids is 1. The third-order valence-corrected chi connectivity index (χ3v) is 4.58. The number of methoxy groups -OCH3 is 1. The summed E-state index contributed by atoms with van der Waals surface area (Å²) in [6.07, 6.45) is 0. The van der Waals surface area contributed by atoms with Gasteiger partial charge in [-0.2, -0.15) is 5.10 Å². The highest BCUT2D eigenvalue weighted by atomic mass is 79.9. The van der Waals surface area contributed by atoms with Crippen molar-refractivity contribution in [2.24, 2.45) is 0 Å². The minimum absolute atomic E-state index is 0.135. The van der Waals surface area contributed by atoms with Gasteiger partial charge in [-0.25, -0.2) is 0 Å². The monoisotopic (exact) mass is 429 g/mol. The lowest BCUT2D eigenvalue weighted by atomic mass is 10.1. The third kappa shape index (κ3) is 4.89. The van der Waals surface area contributed by atoms with E-state index in [4.69, 9.17) is 9.47 Å². The molecule has 7 heteroatoms. The molecular weight excluding hydrogens is 410 g/mol. The molecule has 27 heavy (non-hydrogen) atoms. The van der Waals surface area contributed by atoms with E-state index in [-0.39, 0.29) is 5.91 Å². The summed E-state index contributed by atoms with van der Waals surface area (Å²) in [5.41, 5.74) is 2.12. The molecule has 3 aromatic rings. The van der Waals surface area contributed by atoms with Gasteiger partial charge in [0.05, 0.1) is 19.3 Å². The quantitative estimate of drug-likeness (QED) is 0.616. The number of halogens is 1. The van der Waals surface area contributed by atoms with Crippen LogP contribution in [0, 0.1) is 0 Å². The molecule has 0 aliphatic heterocycles. The van der Waals surface area contributed by atoms with Crippen LogP contribution in [-0.2, 0) is 0 Å². The van der Waals surface area contributed by atoms with Crippen molar-refractivity contribution < 1.29 is 14.3 Å². The normalized spacial score (nSPS) is 10.5. The van der Waals surface area contributed by atoms with E-state index in [1.807, 2.05) is 48.5 Å². The fourth-order valence-corrected chi connectivity index (χ4v) is 2.74. The van der Waals surface area contributed by atoms with Crippen LogP contribution < -0.4 is 9.47 Å². The molecule has 0 saturated carbocycles. The molecule has 1 N–H and O–H groups in total. The lowest BCUT2D eigenvalue weighted by Crippen LogP contribution is -2.31. The average molecular weight is 430 g/mol. The predicted molar refractivity (Wildman–Crippen MR) is 107 cm³/mol. The maximum atomic E-state index is 12.5. The molecule has 0 aliphatic rings. The average Bonchev–Trinajstić information content (AvgIpc) is 3.18. The highest BCUT2D eigenvalue weighted by Gasteiger charge is 2.15. The van der Waals surface area contributed by atoms with Gasteiger partial charge in [-0.05, 0) is 42.5 Å². The summed E-state index contributed by atoms with van der Waals surface area (Å²) in [6.45, 7) is 0.847. The zero-order valence-electron chi connectivity index (χ0n) is 15.1. The van der Waals surface area contributed by atoms with Crippen LogP contribution >= 0.6 is 15.9 Å². The van der Waals surface area contributed by atoms with Crippen molar-refractivity contribution in [2.75, 3.05) is 27.3 Å². The summed E-state index contributed by atoms with van der Waals surface area (Å²) < 4.78 is 11.8. The van der Waals surface area contributed by atoms with E-state index >= 15 is 0 Å². The predicted octanol–water partition coefficient (Wildman–Crippen LogP) is 4.00. The second kappa shape index (κ2) is 8.73. The molecule has 1 heterocycles. The summed E-state index contributed by atoms with van der Waals surface area (Å²) >= 11 is 3.41. The largest absolute Gasteiger partial charge is 0.497 e. The highest BCUT2D eigenvalue weighted by Crippen LogP contribution is 2.21. The van der Waals surface area contributed by atoms with Crippen LogP contribution in [0.4, 0.5) is 0 Å². The molecule has 0 saturated heterocycles. The van der Waals surface area contributed by atoms with Gasteiger partial charge in [0.25, 0.3) is 5.91 Å². The number of aromatic nitrogens is 2. The van der Waals surface area contributed by atoms with Crippen LogP contribution in [0.5, 0.6) is 11.5 Å². The van der Waals surface area contributed by atoms with Gasteiger partial charge in [0.1, 0.15) is 23.8 Å². The van der Waals surface area contributed by atoms with E-state index in [2.05, 4.69) is 26.1 Å². The molecule has 6 nitrogen and oxygen atoms in total. The number of hydrogen-bond donors (Lipinski definition) is 1. The first-order valence-corrected chi connectivity index (χ1v) is 9.20. The Morgan fingerprint density at radius 2 is 1.78 bits per heavy atom. The molecule has 0 spiro atoms. The number of hydrogen-bond acceptors (Lipinski definition) is 4. The Kier molecular flexibility index (Phi) is 6.13. The molecule has 0 radical (unpaired) electrons. The number of carbonyl (C=O) groups is 1. The molecule has 3 rings (SSSR count). The SMILES string of the molecule is COc1ccc(OCCN(C)C(=O)c2cc(-c3ccc(Br)cc3)n[nH]2)cc1. The van der Waals surface area contributed by atoms with Crippen LogP contribution in [0.3, 0.4) is 0 Å². The van der Waals surface area contributed by atoms with Gasteiger partial charge >= 0.3 is 0 Å². The topological polar surface area (TPSA) is 67.5 Å². The van der Waals surface area contributed by atoms with Crippen molar-refractivity contribution in [3.63, 3.8) is 0 Å². The summed E-state index contributed by atoms with van der Waals surface area (Å²) in [4.78, 5) is 14.1. The van der Waals surface area contributed by atoms with Crippen molar-refractivity contribution in [1.29, 1.82) is 0 Å². The van der Waals surface area contributed by atoms with E-state index in [1.165, 1.54) is 0 Å². The number of nitrogens with zero attached hydrogens (tertiary/aromatic N) is 2. The highest BCUT2D eigenvalue weighted by molar-refractivity contribution is 9.10. The lowest BCUT2D eigenvalue weighted by molar-refractivity contribution is 0.0768. The van der Waals surface area contributed by atoms with Crippen LogP contribution in [0.25, 0.3) is 11.3 Å². The Bertz CT molecular complexity index is 892. The minimum atomic E-state index is -0.135. The van der Waals surface area contributed by atoms with Crippen LogP contribution in [0.1, 0.15) is 10.5 Å². The molecule has 140 valence electrons. The van der Waals surface area contributed by atoms with Crippen LogP contribution in [-0.4, -0.2) is 48.3 Å². The van der Waals surface area contributed by atoms with E-state index in [0.29, 0.717) is 18.8 Å². The first kappa shape index (κ1) is 19.0. The summed E-state index contributed by atoms with van der Waals surface area (Å²) in [5.74, 6) is 1.37. The Morgan fingerprint density at radius 3 is 2.44 bits per heavy atom. The Balaban J connectivity index is 1.54. The fraction of sp³-hybridized carbons (Fsp3) is 0.200. The maximum Gasteiger partial charge on any atom is 0.271 e. The summed E-state index contributed by atoms with van der Waals surface area (Å²) in [6, 6.07) is 16.9. The van der Waals surface area contributed by atoms with E-state index in [0.717, 1.165) is 27.2 Å². The Labute approximate surface area is 166 Å². The summed E-state index contributed by atoms with van der Waals surface area (Å²) in [5, 5.41) is 7.05. The number of ether oxygens (including phenoxy) is 2. The van der Waals surface area contributed by atoms with Gasteiger partial charge in [0.2, 0.25) is 0 Å². The zero-order valence-corrected chi connectivity index (χ0v) is 16.7. The smallest absolute Gasteiger partial charge is 0.271 e. The number of amides is 1. The molecule has 1 amide bonds. The number of H-pyrrole nitrogens is 1. The lowest BCUT2D eigenvalue weighted by Gasteiger charge is -2.16. The standard InChI is InChI=1S/C20H20BrN3O3/c1-24(11-12-27-17-9-7-16(26-2)8-10-17)20(25)19-13-18(22-23-19)14-3-5-15(21)6-4-14/h3-10,13H,11-12H2,1-2H3,(H,22,23). The number of likely N-dealkylation sites (N-methyl/N-ethyl adjacent to an activating group) is 1. The number of rotatable bonds is 7. The molecule has 0 fully saturated rings. The van der Waals surface area contributed by atoms with E-state index in [9.17, 15) is 4.79 Å². The second-order valence-corrected chi connectivity index (χ2v) is 6.84. The minimum Gasteiger partial charge on any atom is -0.497 e. The molecular formula is C20H20BrN3O3. The maximum absolute atomic E-state index is 12.5. The first-order valence-electron chi connectivity index (χ1n) is 8.40. The van der Waals surface area contributed by atoms with Gasteiger partial charge in [-0.1, -0.05) is 28.1 Å². The zero-order chi connectivity index (χ0) is 19.2. The molecule has 0 bridgehead atoms. The van der Waals surface area contributed by atoms with Gasteiger partial charge < -0.3 is 14.4 Å². The fourth-order valence-electron chi connectivity index (χ4n) is 2.48. The number of benzene rings is 2. The molecule has 2 aromatic carbocycles. The van der Waals surface area contributed by atoms with Crippen molar-refractivity contribution in [2.45, 2.75) is 0 Å². The van der Waals surface area contributed by atoms with Crippen molar-refractivity contribution in [1.82, 2.24) is 15.1 Å². The molecule has 0 atom stereocenters. The van der Waals surface area contributed by atoms with Gasteiger partial charge in [0.15, 0.2) is 0 Å². The van der Waals surface area contributed by atoms with Gasteiger partial charge in [0, 0.05) is 17.1 Å². The number of aromatic amines is 1. The molecule has 0 unspecified atom stereocenters. The van der Waals surface area contributed by atoms with Crippen LogP contribution in [0.2, 0.25) is 0 Å². The summed E-state index contributed by atoms with van der Waals surface area (Å²) in [7, 11) is 3.36. The van der Waals surface area contributed by atoms with Crippen molar-refractivity contribution in [3.8, 4) is 22.8 Å². The first-order chi connectivity index (χ1) is 13.1. The number of nitrogens with one attached hydrogen (secondary N) is 1. The molecule has 1 aromatic heterocycles. The Hall–Kier alpha value is -2.80. The van der Waals surface area contributed by atoms with Crippen molar-refractivity contribution >= 4 is 21.8 Å². The van der Waals surface area contributed by atoms with Gasteiger partial charge in [-0.3, -0.25) is 9.89 Å². The van der Waals surface area contributed by atoms with E-state index < -0.39 is 0 Å². The van der Waals surface area contributed by atoms with Crippen molar-refractivity contribution in [3.05, 3.63) is 64.8 Å². The van der Waals surface area contributed by atoms with E-state index in [1.54, 1.807) is 25.1 Å². The molecule has 0 aliphatic carbocycles. The van der Waals surface area contributed by atoms with Gasteiger partial charge in [-0.15, -0.1) is 0 Å².